The van der Waals surface area contributed by atoms with Crippen LogP contribution >= 0.6 is 0 Å². The molecule has 5 nitrogen and oxygen atoms in total. The van der Waals surface area contributed by atoms with E-state index in [-0.39, 0.29) is 6.61 Å². The topological polar surface area (TPSA) is 68.5 Å². The zero-order valence-corrected chi connectivity index (χ0v) is 9.44. The summed E-state index contributed by atoms with van der Waals surface area (Å²) < 4.78 is 28.6. The number of fused-ring (bicyclic) bond motifs is 1. The number of nitrogens with zero attached hydrogens (tertiary/aromatic N) is 1. The lowest BCUT2D eigenvalue weighted by atomic mass is 10.2. The molecule has 0 unspecified atom stereocenters. The molecule has 0 fully saturated rings. The highest BCUT2D eigenvalue weighted by Crippen LogP contribution is 2.19. The third-order valence-corrected chi connectivity index (χ3v) is 3.58. The van der Waals surface area contributed by atoms with Gasteiger partial charge in [0.05, 0.1) is 19.2 Å². The lowest BCUT2D eigenvalue weighted by Gasteiger charge is -2.05. The molecule has 6 heteroatoms. The molecule has 0 atom stereocenters. The molecule has 0 aliphatic heterocycles. The Kier molecular flexibility index (Phi) is 2.71. The first kappa shape index (κ1) is 11.1. The molecule has 86 valence electrons. The molecule has 1 heterocycles. The number of aliphatic hydroxyl groups is 1. The van der Waals surface area contributed by atoms with Crippen LogP contribution in [0.1, 0.15) is 5.56 Å². The van der Waals surface area contributed by atoms with Crippen LogP contribution in [0.15, 0.2) is 30.5 Å². The minimum Gasteiger partial charge on any atom is -0.392 e. The van der Waals surface area contributed by atoms with E-state index in [1.807, 2.05) is 0 Å². The van der Waals surface area contributed by atoms with E-state index in [0.29, 0.717) is 11.1 Å². The highest BCUT2D eigenvalue weighted by Gasteiger charge is 2.14. The van der Waals surface area contributed by atoms with Crippen molar-refractivity contribution in [1.29, 1.82) is 0 Å². The van der Waals surface area contributed by atoms with Crippen molar-refractivity contribution in [2.75, 3.05) is 7.11 Å². The molecule has 0 amide bonds. The first-order valence-electron chi connectivity index (χ1n) is 4.60. The predicted molar refractivity (Wildman–Crippen MR) is 59.2 cm³/mol. The molecule has 0 aliphatic carbocycles. The Hall–Kier alpha value is -1.37. The number of hydrogen-bond acceptors (Lipinski definition) is 4. The van der Waals surface area contributed by atoms with Gasteiger partial charge in [0.15, 0.2) is 0 Å². The maximum atomic E-state index is 11.6. The number of aliphatic hydroxyl groups excluding tert-OH is 1. The van der Waals surface area contributed by atoms with Gasteiger partial charge in [0.25, 0.3) is 0 Å². The Morgan fingerprint density at radius 2 is 2.12 bits per heavy atom. The molecule has 16 heavy (non-hydrogen) atoms. The lowest BCUT2D eigenvalue weighted by molar-refractivity contribution is 0.282. The summed E-state index contributed by atoms with van der Waals surface area (Å²) in [6.45, 7) is -0.131. The molecule has 0 aliphatic rings. The van der Waals surface area contributed by atoms with Gasteiger partial charge in [-0.3, -0.25) is 4.18 Å². The van der Waals surface area contributed by atoms with Crippen LogP contribution in [0.3, 0.4) is 0 Å². The van der Waals surface area contributed by atoms with Gasteiger partial charge in [0.2, 0.25) is 0 Å². The summed E-state index contributed by atoms with van der Waals surface area (Å²) in [5.74, 6) is 0. The van der Waals surface area contributed by atoms with E-state index in [4.69, 9.17) is 5.11 Å². The molecule has 0 saturated heterocycles. The van der Waals surface area contributed by atoms with Gasteiger partial charge in [-0.05, 0) is 17.7 Å². The van der Waals surface area contributed by atoms with Crippen molar-refractivity contribution in [2.24, 2.45) is 0 Å². The average molecular weight is 241 g/mol. The van der Waals surface area contributed by atoms with Gasteiger partial charge in [-0.1, -0.05) is 12.1 Å². The molecule has 1 N–H and O–H groups in total. The first-order valence-corrected chi connectivity index (χ1v) is 5.97. The molecule has 0 spiro atoms. The second-order valence-corrected chi connectivity index (χ2v) is 4.87. The predicted octanol–water partition coefficient (Wildman–Crippen LogP) is 0.873. The highest BCUT2D eigenvalue weighted by molar-refractivity contribution is 7.85. The Labute approximate surface area is 93.1 Å². The Morgan fingerprint density at radius 1 is 1.38 bits per heavy atom. The van der Waals surface area contributed by atoms with Crippen molar-refractivity contribution in [2.45, 2.75) is 6.61 Å². The smallest absolute Gasteiger partial charge is 0.366 e. The Bertz CT molecular complexity index is 615. The molecule has 0 saturated carbocycles. The molecule has 1 aromatic carbocycles. The van der Waals surface area contributed by atoms with Crippen molar-refractivity contribution >= 4 is 21.2 Å². The van der Waals surface area contributed by atoms with Crippen molar-refractivity contribution in [3.05, 3.63) is 36.0 Å². The molecule has 1 aromatic heterocycles. The van der Waals surface area contributed by atoms with Gasteiger partial charge in [0.1, 0.15) is 0 Å². The number of aromatic nitrogens is 1. The van der Waals surface area contributed by atoms with E-state index in [9.17, 15) is 8.42 Å². The summed E-state index contributed by atoms with van der Waals surface area (Å²) >= 11 is 0. The van der Waals surface area contributed by atoms with Gasteiger partial charge < -0.3 is 5.11 Å². The van der Waals surface area contributed by atoms with Crippen molar-refractivity contribution in [3.8, 4) is 0 Å². The zero-order chi connectivity index (χ0) is 11.8. The van der Waals surface area contributed by atoms with Crippen LogP contribution in [0.4, 0.5) is 0 Å². The summed E-state index contributed by atoms with van der Waals surface area (Å²) in [7, 11) is -2.66. The maximum Gasteiger partial charge on any atom is 0.366 e. The largest absolute Gasteiger partial charge is 0.392 e. The number of benzene rings is 1. The van der Waals surface area contributed by atoms with E-state index in [2.05, 4.69) is 4.18 Å². The summed E-state index contributed by atoms with van der Waals surface area (Å²) in [6, 6.07) is 6.79. The SMILES string of the molecule is COS(=O)(=O)n1ccc2ccc(CO)cc21. The van der Waals surface area contributed by atoms with Crippen LogP contribution in [-0.2, 0) is 21.1 Å². The van der Waals surface area contributed by atoms with Gasteiger partial charge in [0, 0.05) is 11.6 Å². The van der Waals surface area contributed by atoms with E-state index < -0.39 is 10.3 Å². The third kappa shape index (κ3) is 1.71. The molecule has 2 aromatic rings. The van der Waals surface area contributed by atoms with Crippen molar-refractivity contribution < 1.29 is 17.7 Å². The average Bonchev–Trinajstić information content (AvgIpc) is 2.72. The molecule has 0 bridgehead atoms. The molecular formula is C10H11NO4S. The molecule has 0 radical (unpaired) electrons. The first-order chi connectivity index (χ1) is 7.58. The molecule has 2 rings (SSSR count). The van der Waals surface area contributed by atoms with Gasteiger partial charge in [-0.25, -0.2) is 3.97 Å². The van der Waals surface area contributed by atoms with Gasteiger partial charge >= 0.3 is 10.3 Å². The zero-order valence-electron chi connectivity index (χ0n) is 8.62. The highest BCUT2D eigenvalue weighted by atomic mass is 32.2. The van der Waals surface area contributed by atoms with Crippen LogP contribution in [-0.4, -0.2) is 24.6 Å². The lowest BCUT2D eigenvalue weighted by Crippen LogP contribution is -2.12. The summed E-state index contributed by atoms with van der Waals surface area (Å²) in [5, 5.41) is 9.77. The van der Waals surface area contributed by atoms with E-state index >= 15 is 0 Å². The number of hydrogen-bond donors (Lipinski definition) is 1. The van der Waals surface area contributed by atoms with Crippen LogP contribution in [0.2, 0.25) is 0 Å². The summed E-state index contributed by atoms with van der Waals surface area (Å²) in [5.41, 5.74) is 1.15. The normalized spacial score (nSPS) is 12.1. The quantitative estimate of drug-likeness (QED) is 0.865. The van der Waals surface area contributed by atoms with Crippen molar-refractivity contribution in [1.82, 2.24) is 3.97 Å². The fourth-order valence-corrected chi connectivity index (χ4v) is 2.29. The molecular weight excluding hydrogens is 230 g/mol. The fourth-order valence-electron chi connectivity index (χ4n) is 1.52. The summed E-state index contributed by atoms with van der Waals surface area (Å²) in [6.07, 6.45) is 1.42. The third-order valence-electron chi connectivity index (χ3n) is 2.36. The number of rotatable bonds is 3. The second-order valence-electron chi connectivity index (χ2n) is 3.29. The van der Waals surface area contributed by atoms with Gasteiger partial charge in [-0.2, -0.15) is 8.42 Å². The van der Waals surface area contributed by atoms with Crippen LogP contribution in [0, 0.1) is 0 Å². The Balaban J connectivity index is 2.72. The second kappa shape index (κ2) is 3.89. The monoisotopic (exact) mass is 241 g/mol. The van der Waals surface area contributed by atoms with Crippen LogP contribution in [0.5, 0.6) is 0 Å². The standard InChI is InChI=1S/C10H11NO4S/c1-15-16(13,14)11-5-4-9-3-2-8(7-12)6-10(9)11/h2-6,12H,7H2,1H3. The van der Waals surface area contributed by atoms with Crippen LogP contribution in [0.25, 0.3) is 10.9 Å². The minimum atomic E-state index is -3.77. The minimum absolute atomic E-state index is 0.131. The van der Waals surface area contributed by atoms with Crippen LogP contribution < -0.4 is 0 Å². The summed E-state index contributed by atoms with van der Waals surface area (Å²) in [4.78, 5) is 0. The van der Waals surface area contributed by atoms with Crippen molar-refractivity contribution in [3.63, 3.8) is 0 Å². The van der Waals surface area contributed by atoms with E-state index in [1.54, 1.807) is 24.3 Å². The van der Waals surface area contributed by atoms with E-state index in [0.717, 1.165) is 16.5 Å². The van der Waals surface area contributed by atoms with E-state index in [1.165, 1.54) is 6.20 Å². The van der Waals surface area contributed by atoms with Gasteiger partial charge in [-0.15, -0.1) is 0 Å². The fraction of sp³-hybridized carbons (Fsp3) is 0.200. The maximum absolute atomic E-state index is 11.6. The Morgan fingerprint density at radius 3 is 2.75 bits per heavy atom.